The van der Waals surface area contributed by atoms with Crippen molar-refractivity contribution in [3.8, 4) is 0 Å². The van der Waals surface area contributed by atoms with Gasteiger partial charge in [0.05, 0.1) is 0 Å². The van der Waals surface area contributed by atoms with E-state index in [1.807, 2.05) is 24.3 Å². The van der Waals surface area contributed by atoms with Crippen LogP contribution in [-0.4, -0.2) is 24.4 Å². The van der Waals surface area contributed by atoms with Gasteiger partial charge in [0, 0.05) is 18.7 Å². The van der Waals surface area contributed by atoms with E-state index < -0.39 is 0 Å². The van der Waals surface area contributed by atoms with Crippen LogP contribution in [0.15, 0.2) is 54.6 Å². The third-order valence-corrected chi connectivity index (χ3v) is 4.72. The lowest BCUT2D eigenvalue weighted by Gasteiger charge is -2.12. The van der Waals surface area contributed by atoms with E-state index >= 15 is 0 Å². The summed E-state index contributed by atoms with van der Waals surface area (Å²) in [7, 11) is 0. The third-order valence-electron chi connectivity index (χ3n) is 4.72. The molecule has 5 nitrogen and oxygen atoms in total. The molecule has 0 aliphatic heterocycles. The number of benzene rings is 3. The van der Waals surface area contributed by atoms with Crippen LogP contribution in [0.2, 0.25) is 0 Å². The summed E-state index contributed by atoms with van der Waals surface area (Å²) < 4.78 is 5.50. The topological polar surface area (TPSA) is 70.6 Å². The van der Waals surface area contributed by atoms with E-state index in [9.17, 15) is 4.79 Å². The Balaban J connectivity index is 1.58. The Morgan fingerprint density at radius 1 is 0.852 bits per heavy atom. The lowest BCUT2D eigenvalue weighted by Crippen LogP contribution is -2.25. The first-order valence-corrected chi connectivity index (χ1v) is 9.46. The van der Waals surface area contributed by atoms with Gasteiger partial charge in [0.15, 0.2) is 0 Å². The van der Waals surface area contributed by atoms with Crippen molar-refractivity contribution < 1.29 is 14.7 Å². The lowest BCUT2D eigenvalue weighted by molar-refractivity contribution is 0.140. The van der Waals surface area contributed by atoms with E-state index in [1.54, 1.807) is 0 Å². The van der Waals surface area contributed by atoms with Crippen LogP contribution in [0.5, 0.6) is 0 Å². The van der Waals surface area contributed by atoms with Gasteiger partial charge >= 0.3 is 6.09 Å². The minimum Gasteiger partial charge on any atom is -0.445 e. The maximum Gasteiger partial charge on any atom is 0.407 e. The van der Waals surface area contributed by atoms with Crippen LogP contribution in [0.3, 0.4) is 0 Å². The summed E-state index contributed by atoms with van der Waals surface area (Å²) in [6.45, 7) is 1.45. The second-order valence-electron chi connectivity index (χ2n) is 6.62. The summed E-state index contributed by atoms with van der Waals surface area (Å²) in [6, 6.07) is 18.5. The molecular formula is C22H26N2O3. The van der Waals surface area contributed by atoms with Crippen molar-refractivity contribution >= 4 is 27.6 Å². The zero-order valence-corrected chi connectivity index (χ0v) is 15.4. The van der Waals surface area contributed by atoms with Crippen molar-refractivity contribution in [1.82, 2.24) is 10.8 Å². The fourth-order valence-corrected chi connectivity index (χ4v) is 3.33. The number of hydroxylamine groups is 1. The molecule has 3 N–H and O–H groups in total. The number of alkyl carbamates (subject to hydrolysis) is 1. The largest absolute Gasteiger partial charge is 0.445 e. The van der Waals surface area contributed by atoms with Gasteiger partial charge in [-0.3, -0.25) is 0 Å². The Morgan fingerprint density at radius 2 is 1.44 bits per heavy atom. The van der Waals surface area contributed by atoms with Crippen LogP contribution >= 0.6 is 0 Å². The molecule has 27 heavy (non-hydrogen) atoms. The van der Waals surface area contributed by atoms with E-state index in [0.717, 1.165) is 52.8 Å². The highest BCUT2D eigenvalue weighted by molar-refractivity contribution is 6.02. The minimum absolute atomic E-state index is 0.246. The number of hydrogen-bond donors (Lipinski definition) is 3. The highest BCUT2D eigenvalue weighted by Gasteiger charge is 2.10. The second-order valence-corrected chi connectivity index (χ2v) is 6.62. The first kappa shape index (κ1) is 19.1. The van der Waals surface area contributed by atoms with Gasteiger partial charge in [0.1, 0.15) is 6.61 Å². The minimum atomic E-state index is -0.385. The SMILES string of the molecule is O=C(NCCCCCCNO)OCc1c2ccccc2cc2ccccc12. The quantitative estimate of drug-likeness (QED) is 0.290. The summed E-state index contributed by atoms with van der Waals surface area (Å²) >= 11 is 0. The average Bonchev–Trinajstić information content (AvgIpc) is 2.70. The zero-order chi connectivity index (χ0) is 18.9. The molecule has 0 saturated heterocycles. The van der Waals surface area contributed by atoms with Gasteiger partial charge in [-0.05, 0) is 40.5 Å². The summed E-state index contributed by atoms with van der Waals surface area (Å²) in [5.74, 6) is 0. The Kier molecular flexibility index (Phi) is 7.02. The average molecular weight is 366 g/mol. The van der Waals surface area contributed by atoms with Gasteiger partial charge in [0.25, 0.3) is 0 Å². The van der Waals surface area contributed by atoms with Crippen molar-refractivity contribution in [1.29, 1.82) is 0 Å². The molecule has 5 heteroatoms. The normalized spacial score (nSPS) is 11.0. The maximum absolute atomic E-state index is 12.0. The Hall–Kier alpha value is -2.63. The van der Waals surface area contributed by atoms with E-state index in [4.69, 9.17) is 9.94 Å². The van der Waals surface area contributed by atoms with Crippen LogP contribution in [0, 0.1) is 0 Å². The van der Waals surface area contributed by atoms with Crippen molar-refractivity contribution in [2.24, 2.45) is 0 Å². The van der Waals surface area contributed by atoms with Gasteiger partial charge in [-0.15, -0.1) is 0 Å². The summed E-state index contributed by atoms with van der Waals surface area (Å²) in [5.41, 5.74) is 3.18. The Labute approximate surface area is 159 Å². The molecule has 0 fully saturated rings. The molecule has 0 radical (unpaired) electrons. The number of hydrogen-bond acceptors (Lipinski definition) is 4. The lowest BCUT2D eigenvalue weighted by atomic mass is 9.97. The van der Waals surface area contributed by atoms with Crippen LogP contribution in [-0.2, 0) is 11.3 Å². The van der Waals surface area contributed by atoms with E-state index in [2.05, 4.69) is 41.1 Å². The number of carbonyl (C=O) groups is 1. The Bertz CT molecular complexity index is 841. The predicted octanol–water partition coefficient (Wildman–Crippen LogP) is 4.76. The number of carbonyl (C=O) groups excluding carboxylic acids is 1. The molecule has 0 aromatic heterocycles. The van der Waals surface area contributed by atoms with Gasteiger partial charge in [-0.1, -0.05) is 61.4 Å². The van der Waals surface area contributed by atoms with E-state index in [0.29, 0.717) is 13.1 Å². The molecule has 1 amide bonds. The molecule has 3 rings (SSSR count). The fraction of sp³-hybridized carbons (Fsp3) is 0.318. The molecule has 0 bridgehead atoms. The number of unbranched alkanes of at least 4 members (excludes halogenated alkanes) is 3. The number of ether oxygens (including phenoxy) is 1. The van der Waals surface area contributed by atoms with Gasteiger partial charge in [-0.2, -0.15) is 0 Å². The van der Waals surface area contributed by atoms with Gasteiger partial charge < -0.3 is 15.3 Å². The van der Waals surface area contributed by atoms with Crippen molar-refractivity contribution in [3.05, 3.63) is 60.2 Å². The highest BCUT2D eigenvalue weighted by Crippen LogP contribution is 2.29. The van der Waals surface area contributed by atoms with Crippen LogP contribution < -0.4 is 10.8 Å². The van der Waals surface area contributed by atoms with Gasteiger partial charge in [0.2, 0.25) is 0 Å². The molecule has 0 unspecified atom stereocenters. The van der Waals surface area contributed by atoms with E-state index in [1.165, 1.54) is 0 Å². The number of fused-ring (bicyclic) bond motifs is 2. The molecule has 142 valence electrons. The highest BCUT2D eigenvalue weighted by atomic mass is 16.5. The van der Waals surface area contributed by atoms with Crippen molar-refractivity contribution in [2.45, 2.75) is 32.3 Å². The number of nitrogens with one attached hydrogen (secondary N) is 2. The first-order chi connectivity index (χ1) is 13.3. The molecule has 0 atom stereocenters. The third kappa shape index (κ3) is 5.18. The molecule has 3 aromatic rings. The number of amides is 1. The summed E-state index contributed by atoms with van der Waals surface area (Å²) in [6.07, 6.45) is 3.47. The van der Waals surface area contributed by atoms with Crippen molar-refractivity contribution in [3.63, 3.8) is 0 Å². The standard InChI is InChI=1S/C22H26N2O3/c25-22(23-13-7-1-2-8-14-24-26)27-16-21-19-11-5-3-9-17(19)15-18-10-4-6-12-20(18)21/h3-6,9-12,15,24,26H,1-2,7-8,13-14,16H2,(H,23,25). The molecule has 0 aliphatic carbocycles. The number of rotatable bonds is 9. The second kappa shape index (κ2) is 9.90. The molecule has 0 spiro atoms. The summed E-state index contributed by atoms with van der Waals surface area (Å²) in [5, 5.41) is 15.8. The maximum atomic E-state index is 12.0. The van der Waals surface area contributed by atoms with E-state index in [-0.39, 0.29) is 12.7 Å². The van der Waals surface area contributed by atoms with Gasteiger partial charge in [-0.25, -0.2) is 10.3 Å². The molecular weight excluding hydrogens is 340 g/mol. The van der Waals surface area contributed by atoms with Crippen LogP contribution in [0.4, 0.5) is 4.79 Å². The predicted molar refractivity (Wildman–Crippen MR) is 108 cm³/mol. The monoisotopic (exact) mass is 366 g/mol. The van der Waals surface area contributed by atoms with Crippen molar-refractivity contribution in [2.75, 3.05) is 13.1 Å². The molecule has 0 heterocycles. The fourth-order valence-electron chi connectivity index (χ4n) is 3.33. The smallest absolute Gasteiger partial charge is 0.407 e. The molecule has 0 aliphatic rings. The van der Waals surface area contributed by atoms with Crippen LogP contribution in [0.1, 0.15) is 31.2 Å². The molecule has 3 aromatic carbocycles. The molecule has 0 saturated carbocycles. The first-order valence-electron chi connectivity index (χ1n) is 9.46. The van der Waals surface area contributed by atoms with Crippen LogP contribution in [0.25, 0.3) is 21.5 Å². The Morgan fingerprint density at radius 3 is 2.07 bits per heavy atom. The zero-order valence-electron chi connectivity index (χ0n) is 15.4. The summed E-state index contributed by atoms with van der Waals surface area (Å²) in [4.78, 5) is 12.0.